The molecule has 1 aromatic rings. The van der Waals surface area contributed by atoms with Crippen LogP contribution in [0.25, 0.3) is 0 Å². The summed E-state index contributed by atoms with van der Waals surface area (Å²) in [5.41, 5.74) is 2.19. The first-order valence-corrected chi connectivity index (χ1v) is 6.40. The number of hydrazine groups is 1. The van der Waals surface area contributed by atoms with Crippen molar-refractivity contribution in [2.45, 2.75) is 20.8 Å². The lowest BCUT2D eigenvalue weighted by Gasteiger charge is -2.16. The summed E-state index contributed by atoms with van der Waals surface area (Å²) in [5, 5.41) is 13.7. The van der Waals surface area contributed by atoms with Crippen molar-refractivity contribution in [3.05, 3.63) is 33.9 Å². The number of benzene rings is 1. The Morgan fingerprint density at radius 3 is 2.55 bits per heavy atom. The number of anilines is 1. The molecule has 0 bridgehead atoms. The maximum Gasteiger partial charge on any atom is 0.294 e. The first-order valence-electron chi connectivity index (χ1n) is 6.40. The van der Waals surface area contributed by atoms with Gasteiger partial charge in [0.05, 0.1) is 10.5 Å². The highest BCUT2D eigenvalue weighted by molar-refractivity contribution is 6.01. The van der Waals surface area contributed by atoms with E-state index >= 15 is 0 Å². The largest absolute Gasteiger partial charge is 0.352 e. The Bertz CT molecular complexity index is 502. The molecule has 1 atom stereocenters. The van der Waals surface area contributed by atoms with Crippen molar-refractivity contribution < 1.29 is 9.72 Å². The van der Waals surface area contributed by atoms with Gasteiger partial charge < -0.3 is 10.7 Å². The van der Waals surface area contributed by atoms with Crippen LogP contribution < -0.4 is 16.6 Å². The fourth-order valence-electron chi connectivity index (χ4n) is 1.62. The summed E-state index contributed by atoms with van der Waals surface area (Å²) in [6, 6.07) is 4.25. The minimum atomic E-state index is -0.581. The molecular formula is C13H20N4O3. The smallest absolute Gasteiger partial charge is 0.294 e. The number of hydrogen-bond acceptors (Lipinski definition) is 5. The summed E-state index contributed by atoms with van der Waals surface area (Å²) in [6.45, 7) is 6.66. The standard InChI is InChI=1S/C13H20N4O3/c1-8(2)9(3)7-15-13(18)10-5-4-6-11(17(19)20)12(10)16-14/h4-6,8-9,16H,7,14H2,1-3H3,(H,15,18). The lowest BCUT2D eigenvalue weighted by atomic mass is 9.98. The van der Waals surface area contributed by atoms with Crippen molar-refractivity contribution in [3.63, 3.8) is 0 Å². The molecule has 1 rings (SSSR count). The van der Waals surface area contributed by atoms with Crippen LogP contribution in [0, 0.1) is 22.0 Å². The lowest BCUT2D eigenvalue weighted by Crippen LogP contribution is -2.31. The number of amides is 1. The van der Waals surface area contributed by atoms with Gasteiger partial charge in [-0.15, -0.1) is 0 Å². The third-order valence-electron chi connectivity index (χ3n) is 3.35. The SMILES string of the molecule is CC(C)C(C)CNC(=O)c1cccc([N+](=O)[O-])c1NN. The van der Waals surface area contributed by atoms with Crippen molar-refractivity contribution in [3.8, 4) is 0 Å². The number of nitro benzene ring substituents is 1. The van der Waals surface area contributed by atoms with E-state index in [1.807, 2.05) is 6.92 Å². The topological polar surface area (TPSA) is 110 Å². The van der Waals surface area contributed by atoms with Gasteiger partial charge in [0.1, 0.15) is 5.69 Å². The minimum absolute atomic E-state index is 0.0206. The van der Waals surface area contributed by atoms with Crippen molar-refractivity contribution >= 4 is 17.3 Å². The quantitative estimate of drug-likeness (QED) is 0.419. The highest BCUT2D eigenvalue weighted by Crippen LogP contribution is 2.27. The first-order chi connectivity index (χ1) is 9.38. The molecule has 0 radical (unpaired) electrons. The number of nitrogens with two attached hydrogens (primary N) is 1. The van der Waals surface area contributed by atoms with Crippen LogP contribution in [0.15, 0.2) is 18.2 Å². The van der Waals surface area contributed by atoms with Crippen LogP contribution in [-0.4, -0.2) is 17.4 Å². The molecule has 0 saturated carbocycles. The van der Waals surface area contributed by atoms with Crippen LogP contribution >= 0.6 is 0 Å². The Balaban J connectivity index is 2.93. The lowest BCUT2D eigenvalue weighted by molar-refractivity contribution is -0.384. The summed E-state index contributed by atoms with van der Waals surface area (Å²) in [6.07, 6.45) is 0. The van der Waals surface area contributed by atoms with Crippen molar-refractivity contribution in [1.29, 1.82) is 0 Å². The second-order valence-corrected chi connectivity index (χ2v) is 5.03. The van der Waals surface area contributed by atoms with Crippen molar-refractivity contribution in [1.82, 2.24) is 5.32 Å². The molecule has 4 N–H and O–H groups in total. The summed E-state index contributed by atoms with van der Waals surface area (Å²) in [4.78, 5) is 22.4. The van der Waals surface area contributed by atoms with Gasteiger partial charge in [0.2, 0.25) is 0 Å². The molecule has 0 aliphatic carbocycles. The van der Waals surface area contributed by atoms with Crippen LogP contribution in [-0.2, 0) is 0 Å². The predicted molar refractivity (Wildman–Crippen MR) is 77.2 cm³/mol. The van der Waals surface area contributed by atoms with Gasteiger partial charge >= 0.3 is 0 Å². The zero-order valence-corrected chi connectivity index (χ0v) is 11.8. The zero-order chi connectivity index (χ0) is 15.3. The van der Waals surface area contributed by atoms with Crippen LogP contribution in [0.3, 0.4) is 0 Å². The third-order valence-corrected chi connectivity index (χ3v) is 3.35. The van der Waals surface area contributed by atoms with Gasteiger partial charge in [-0.2, -0.15) is 0 Å². The van der Waals surface area contributed by atoms with E-state index in [0.29, 0.717) is 18.4 Å². The van der Waals surface area contributed by atoms with Crippen molar-refractivity contribution in [2.24, 2.45) is 17.7 Å². The number of para-hydroxylation sites is 1. The summed E-state index contributed by atoms with van der Waals surface area (Å²) < 4.78 is 0. The number of carbonyl (C=O) groups excluding carboxylic acids is 1. The highest BCUT2D eigenvalue weighted by Gasteiger charge is 2.21. The average molecular weight is 280 g/mol. The minimum Gasteiger partial charge on any atom is -0.352 e. The molecule has 0 spiro atoms. The molecule has 0 aliphatic heterocycles. The van der Waals surface area contributed by atoms with Gasteiger partial charge in [-0.05, 0) is 17.9 Å². The maximum atomic E-state index is 12.1. The average Bonchev–Trinajstić information content (AvgIpc) is 2.42. The number of nitrogen functional groups attached to an aromatic ring is 1. The van der Waals surface area contributed by atoms with Crippen LogP contribution in [0.4, 0.5) is 11.4 Å². The second kappa shape index (κ2) is 6.85. The van der Waals surface area contributed by atoms with Gasteiger partial charge in [0.15, 0.2) is 0 Å². The molecule has 110 valence electrons. The van der Waals surface area contributed by atoms with E-state index in [4.69, 9.17) is 5.84 Å². The molecular weight excluding hydrogens is 260 g/mol. The summed E-state index contributed by atoms with van der Waals surface area (Å²) in [7, 11) is 0. The maximum absolute atomic E-state index is 12.1. The number of nitrogens with one attached hydrogen (secondary N) is 2. The van der Waals surface area contributed by atoms with E-state index in [-0.39, 0.29) is 22.8 Å². The van der Waals surface area contributed by atoms with Crippen LogP contribution in [0.2, 0.25) is 0 Å². The Labute approximate surface area is 117 Å². The molecule has 1 aromatic carbocycles. The molecule has 0 aromatic heterocycles. The predicted octanol–water partition coefficient (Wildman–Crippen LogP) is 1.90. The normalized spacial score (nSPS) is 12.1. The fourth-order valence-corrected chi connectivity index (χ4v) is 1.62. The number of hydrogen-bond donors (Lipinski definition) is 3. The molecule has 0 saturated heterocycles. The number of carbonyl (C=O) groups is 1. The molecule has 20 heavy (non-hydrogen) atoms. The Morgan fingerprint density at radius 2 is 2.05 bits per heavy atom. The second-order valence-electron chi connectivity index (χ2n) is 5.03. The number of nitrogens with zero attached hydrogens (tertiary/aromatic N) is 1. The Kier molecular flexibility index (Phi) is 5.45. The Morgan fingerprint density at radius 1 is 1.40 bits per heavy atom. The first kappa shape index (κ1) is 15.9. The van der Waals surface area contributed by atoms with Gasteiger partial charge in [-0.25, -0.2) is 0 Å². The summed E-state index contributed by atoms with van der Waals surface area (Å²) >= 11 is 0. The molecule has 1 amide bonds. The number of rotatable bonds is 6. The van der Waals surface area contributed by atoms with E-state index < -0.39 is 4.92 Å². The zero-order valence-electron chi connectivity index (χ0n) is 11.8. The van der Waals surface area contributed by atoms with Crippen LogP contribution in [0.1, 0.15) is 31.1 Å². The van der Waals surface area contributed by atoms with E-state index in [9.17, 15) is 14.9 Å². The molecule has 7 nitrogen and oxygen atoms in total. The van der Waals surface area contributed by atoms with Gasteiger partial charge in [-0.3, -0.25) is 20.8 Å². The van der Waals surface area contributed by atoms with Crippen molar-refractivity contribution in [2.75, 3.05) is 12.0 Å². The monoisotopic (exact) mass is 280 g/mol. The molecule has 0 heterocycles. The highest BCUT2D eigenvalue weighted by atomic mass is 16.6. The van der Waals surface area contributed by atoms with Gasteiger partial charge in [0, 0.05) is 12.6 Å². The number of nitro groups is 1. The van der Waals surface area contributed by atoms with Gasteiger partial charge in [-0.1, -0.05) is 26.8 Å². The molecule has 0 aliphatic rings. The summed E-state index contributed by atoms with van der Waals surface area (Å²) in [5.74, 6) is 5.67. The third kappa shape index (κ3) is 3.67. The fraction of sp³-hybridized carbons (Fsp3) is 0.462. The van der Waals surface area contributed by atoms with E-state index in [1.165, 1.54) is 18.2 Å². The van der Waals surface area contributed by atoms with E-state index in [0.717, 1.165) is 0 Å². The molecule has 0 fully saturated rings. The van der Waals surface area contributed by atoms with E-state index in [2.05, 4.69) is 24.6 Å². The molecule has 7 heteroatoms. The molecule has 1 unspecified atom stereocenters. The van der Waals surface area contributed by atoms with Gasteiger partial charge in [0.25, 0.3) is 11.6 Å². The Hall–Kier alpha value is -2.15. The van der Waals surface area contributed by atoms with E-state index in [1.54, 1.807) is 0 Å². The van der Waals surface area contributed by atoms with Crippen LogP contribution in [0.5, 0.6) is 0 Å².